The molecule has 3 aromatic rings. The molecule has 0 unspecified atom stereocenters. The van der Waals surface area contributed by atoms with Crippen LogP contribution in [0.2, 0.25) is 0 Å². The number of amides is 1. The van der Waals surface area contributed by atoms with Gasteiger partial charge in [-0.1, -0.05) is 18.2 Å². The summed E-state index contributed by atoms with van der Waals surface area (Å²) < 4.78 is 44.1. The van der Waals surface area contributed by atoms with Crippen molar-refractivity contribution in [2.45, 2.75) is 19.1 Å². The molecule has 3 rings (SSSR count). The van der Waals surface area contributed by atoms with Crippen LogP contribution in [0.15, 0.2) is 67.1 Å². The standard InChI is InChI=1S/C20H16F3N3O2/c21-20(22,23)16-6-1-7-17(11-16)28-19-15(5-3-9-25-19)13-26-18(27)10-14-4-2-8-24-12-14/h1-9,11-12H,10,13H2,(H,26,27). The van der Waals surface area contributed by atoms with Crippen molar-refractivity contribution < 1.29 is 22.7 Å². The van der Waals surface area contributed by atoms with Gasteiger partial charge in [-0.3, -0.25) is 9.78 Å². The van der Waals surface area contributed by atoms with Crippen molar-refractivity contribution in [2.75, 3.05) is 0 Å². The minimum atomic E-state index is -4.47. The van der Waals surface area contributed by atoms with E-state index < -0.39 is 11.7 Å². The maximum atomic E-state index is 12.9. The van der Waals surface area contributed by atoms with Crippen molar-refractivity contribution in [3.63, 3.8) is 0 Å². The monoisotopic (exact) mass is 387 g/mol. The lowest BCUT2D eigenvalue weighted by Gasteiger charge is -2.12. The molecule has 8 heteroatoms. The van der Waals surface area contributed by atoms with Crippen LogP contribution in [0, 0.1) is 0 Å². The lowest BCUT2D eigenvalue weighted by molar-refractivity contribution is -0.137. The van der Waals surface area contributed by atoms with Crippen LogP contribution in [-0.4, -0.2) is 15.9 Å². The number of nitrogens with zero attached hydrogens (tertiary/aromatic N) is 2. The number of halogens is 3. The molecule has 0 aliphatic rings. The lowest BCUT2D eigenvalue weighted by atomic mass is 10.2. The molecule has 1 amide bonds. The van der Waals surface area contributed by atoms with E-state index in [-0.39, 0.29) is 30.5 Å². The molecule has 0 atom stereocenters. The summed E-state index contributed by atoms with van der Waals surface area (Å²) in [7, 11) is 0. The number of carbonyl (C=O) groups is 1. The molecule has 2 heterocycles. The summed E-state index contributed by atoms with van der Waals surface area (Å²) in [6.45, 7) is 0.126. The van der Waals surface area contributed by atoms with Gasteiger partial charge in [0.2, 0.25) is 11.8 Å². The first kappa shape index (κ1) is 19.3. The van der Waals surface area contributed by atoms with E-state index in [0.29, 0.717) is 5.56 Å². The first-order valence-corrected chi connectivity index (χ1v) is 8.36. The third kappa shape index (κ3) is 5.29. The van der Waals surface area contributed by atoms with Gasteiger partial charge in [-0.15, -0.1) is 0 Å². The predicted octanol–water partition coefficient (Wildman–Crippen LogP) is 4.15. The number of nitrogens with one attached hydrogen (secondary N) is 1. The van der Waals surface area contributed by atoms with Crippen molar-refractivity contribution in [3.05, 3.63) is 83.8 Å². The van der Waals surface area contributed by atoms with E-state index in [1.165, 1.54) is 18.3 Å². The van der Waals surface area contributed by atoms with E-state index >= 15 is 0 Å². The Bertz CT molecular complexity index is 947. The second-order valence-electron chi connectivity index (χ2n) is 5.91. The fourth-order valence-corrected chi connectivity index (χ4v) is 2.44. The molecular weight excluding hydrogens is 371 g/mol. The average Bonchev–Trinajstić information content (AvgIpc) is 2.68. The van der Waals surface area contributed by atoms with Crippen molar-refractivity contribution in [1.82, 2.24) is 15.3 Å². The molecule has 5 nitrogen and oxygen atoms in total. The SMILES string of the molecule is O=C(Cc1cccnc1)NCc1cccnc1Oc1cccc(C(F)(F)F)c1. The van der Waals surface area contributed by atoms with Gasteiger partial charge in [0.25, 0.3) is 0 Å². The summed E-state index contributed by atoms with van der Waals surface area (Å²) in [6.07, 6.45) is 0.384. The highest BCUT2D eigenvalue weighted by molar-refractivity contribution is 5.78. The highest BCUT2D eigenvalue weighted by atomic mass is 19.4. The first-order valence-electron chi connectivity index (χ1n) is 8.36. The van der Waals surface area contributed by atoms with Gasteiger partial charge in [0.15, 0.2) is 0 Å². The van der Waals surface area contributed by atoms with Gasteiger partial charge < -0.3 is 10.1 Å². The summed E-state index contributed by atoms with van der Waals surface area (Å²) in [5.74, 6) is -0.0816. The normalized spacial score (nSPS) is 11.1. The summed E-state index contributed by atoms with van der Waals surface area (Å²) >= 11 is 0. The smallest absolute Gasteiger partial charge is 0.416 e. The molecule has 2 aromatic heterocycles. The summed E-state index contributed by atoms with van der Waals surface area (Å²) in [5, 5.41) is 2.74. The highest BCUT2D eigenvalue weighted by Crippen LogP contribution is 2.32. The van der Waals surface area contributed by atoms with Crippen molar-refractivity contribution in [1.29, 1.82) is 0 Å². The maximum Gasteiger partial charge on any atom is 0.416 e. The zero-order valence-electron chi connectivity index (χ0n) is 14.6. The molecule has 0 saturated heterocycles. The van der Waals surface area contributed by atoms with Gasteiger partial charge in [0.1, 0.15) is 5.75 Å². The molecule has 1 aromatic carbocycles. The minimum absolute atomic E-state index is 0.0106. The van der Waals surface area contributed by atoms with Crippen molar-refractivity contribution >= 4 is 5.91 Å². The Balaban J connectivity index is 1.67. The van der Waals surface area contributed by atoms with Gasteiger partial charge in [0, 0.05) is 30.7 Å². The van der Waals surface area contributed by atoms with E-state index in [4.69, 9.17) is 4.74 Å². The van der Waals surface area contributed by atoms with Crippen LogP contribution in [0.1, 0.15) is 16.7 Å². The number of rotatable bonds is 6. The van der Waals surface area contributed by atoms with E-state index in [1.54, 1.807) is 36.7 Å². The van der Waals surface area contributed by atoms with Gasteiger partial charge >= 0.3 is 6.18 Å². The fourth-order valence-electron chi connectivity index (χ4n) is 2.44. The van der Waals surface area contributed by atoms with Crippen LogP contribution in [0.4, 0.5) is 13.2 Å². The van der Waals surface area contributed by atoms with Crippen LogP contribution in [0.3, 0.4) is 0 Å². The lowest BCUT2D eigenvalue weighted by Crippen LogP contribution is -2.24. The quantitative estimate of drug-likeness (QED) is 0.690. The third-order valence-corrected chi connectivity index (χ3v) is 3.79. The minimum Gasteiger partial charge on any atom is -0.439 e. The number of ether oxygens (including phenoxy) is 1. The largest absolute Gasteiger partial charge is 0.439 e. The molecule has 0 bridgehead atoms. The molecule has 144 valence electrons. The number of carbonyl (C=O) groups excluding carboxylic acids is 1. The second kappa shape index (κ2) is 8.51. The number of hydrogen-bond donors (Lipinski definition) is 1. The van der Waals surface area contributed by atoms with E-state index in [2.05, 4.69) is 15.3 Å². The molecule has 0 aliphatic heterocycles. The summed E-state index contributed by atoms with van der Waals surface area (Å²) in [5.41, 5.74) is 0.498. The van der Waals surface area contributed by atoms with Gasteiger partial charge in [-0.25, -0.2) is 4.98 Å². The number of alkyl halides is 3. The molecule has 1 N–H and O–H groups in total. The number of hydrogen-bond acceptors (Lipinski definition) is 4. The Kier molecular flexibility index (Phi) is 5.88. The molecule has 0 spiro atoms. The van der Waals surface area contributed by atoms with Crippen LogP contribution in [0.5, 0.6) is 11.6 Å². The third-order valence-electron chi connectivity index (χ3n) is 3.79. The van der Waals surface area contributed by atoms with Gasteiger partial charge in [-0.05, 0) is 35.9 Å². The fraction of sp³-hybridized carbons (Fsp3) is 0.150. The Morgan fingerprint density at radius 3 is 2.64 bits per heavy atom. The van der Waals surface area contributed by atoms with Crippen LogP contribution >= 0.6 is 0 Å². The molecular formula is C20H16F3N3O2. The van der Waals surface area contributed by atoms with Gasteiger partial charge in [0.05, 0.1) is 12.0 Å². The zero-order chi connectivity index (χ0) is 20.0. The van der Waals surface area contributed by atoms with E-state index in [1.807, 2.05) is 0 Å². The summed E-state index contributed by atoms with van der Waals surface area (Å²) in [6, 6.07) is 11.4. The number of aromatic nitrogens is 2. The number of pyridine rings is 2. The van der Waals surface area contributed by atoms with Crippen LogP contribution in [0.25, 0.3) is 0 Å². The number of benzene rings is 1. The predicted molar refractivity (Wildman–Crippen MR) is 95.5 cm³/mol. The Labute approximate surface area is 159 Å². The van der Waals surface area contributed by atoms with Crippen LogP contribution in [-0.2, 0) is 23.9 Å². The maximum absolute atomic E-state index is 12.9. The van der Waals surface area contributed by atoms with Crippen molar-refractivity contribution in [2.24, 2.45) is 0 Å². The molecule has 0 radical (unpaired) electrons. The highest BCUT2D eigenvalue weighted by Gasteiger charge is 2.30. The van der Waals surface area contributed by atoms with E-state index in [0.717, 1.165) is 17.7 Å². The Morgan fingerprint density at radius 2 is 1.89 bits per heavy atom. The topological polar surface area (TPSA) is 64.1 Å². The Morgan fingerprint density at radius 1 is 1.07 bits per heavy atom. The summed E-state index contributed by atoms with van der Waals surface area (Å²) in [4.78, 5) is 20.1. The molecule has 28 heavy (non-hydrogen) atoms. The van der Waals surface area contributed by atoms with E-state index in [9.17, 15) is 18.0 Å². The Hall–Kier alpha value is -3.42. The van der Waals surface area contributed by atoms with Crippen molar-refractivity contribution in [3.8, 4) is 11.6 Å². The molecule has 0 aliphatic carbocycles. The first-order chi connectivity index (χ1) is 13.4. The zero-order valence-corrected chi connectivity index (χ0v) is 14.6. The second-order valence-corrected chi connectivity index (χ2v) is 5.91. The van der Waals surface area contributed by atoms with Gasteiger partial charge in [-0.2, -0.15) is 13.2 Å². The van der Waals surface area contributed by atoms with Crippen LogP contribution < -0.4 is 10.1 Å². The molecule has 0 fully saturated rings. The average molecular weight is 387 g/mol. The molecule has 0 saturated carbocycles.